The lowest BCUT2D eigenvalue weighted by molar-refractivity contribution is -0.143. The maximum absolute atomic E-state index is 13.6. The van der Waals surface area contributed by atoms with Gasteiger partial charge in [0.2, 0.25) is 0 Å². The molecule has 0 unspecified atom stereocenters. The van der Waals surface area contributed by atoms with Crippen LogP contribution in [0.15, 0.2) is 40.9 Å². The fourth-order valence-corrected chi connectivity index (χ4v) is 2.47. The number of carbonyl (C=O) groups is 1. The summed E-state index contributed by atoms with van der Waals surface area (Å²) < 4.78 is 90.8. The summed E-state index contributed by atoms with van der Waals surface area (Å²) in [5.74, 6) is -0.642. The highest BCUT2D eigenvalue weighted by atomic mass is 79.9. The molecule has 0 aromatic heterocycles. The van der Waals surface area contributed by atoms with Gasteiger partial charge in [0, 0.05) is 22.3 Å². The Hall–Kier alpha value is -2.30. The molecule has 11 heteroatoms. The topological polar surface area (TPSA) is 41.1 Å². The second-order valence-corrected chi connectivity index (χ2v) is 6.25. The summed E-state index contributed by atoms with van der Waals surface area (Å²) in [6, 6.07) is 3.49. The van der Waals surface area contributed by atoms with Gasteiger partial charge in [0.15, 0.2) is 0 Å². The van der Waals surface area contributed by atoms with Gasteiger partial charge >= 0.3 is 18.4 Å². The predicted molar refractivity (Wildman–Crippen MR) is 86.4 cm³/mol. The summed E-state index contributed by atoms with van der Waals surface area (Å²) >= 11 is 3.10. The van der Waals surface area contributed by atoms with Crippen LogP contribution in [-0.2, 0) is 18.9 Å². The third-order valence-electron chi connectivity index (χ3n) is 3.29. The molecule has 2 amide bonds. The largest absolute Gasteiger partial charge is 0.416 e. The molecule has 0 aliphatic rings. The van der Waals surface area contributed by atoms with E-state index >= 15 is 0 Å². The van der Waals surface area contributed by atoms with E-state index in [1.54, 1.807) is 0 Å². The van der Waals surface area contributed by atoms with Crippen LogP contribution in [0.3, 0.4) is 0 Å². The van der Waals surface area contributed by atoms with Crippen molar-refractivity contribution in [1.29, 1.82) is 0 Å². The summed E-state index contributed by atoms with van der Waals surface area (Å²) in [5, 5.41) is 4.05. The van der Waals surface area contributed by atoms with E-state index in [4.69, 9.17) is 0 Å². The lowest BCUT2D eigenvalue weighted by Gasteiger charge is -2.15. The molecule has 0 aliphatic heterocycles. The number of nitrogens with one attached hydrogen (secondary N) is 2. The number of alkyl halides is 6. The number of hydrogen-bond acceptors (Lipinski definition) is 1. The van der Waals surface area contributed by atoms with Crippen molar-refractivity contribution in [2.24, 2.45) is 0 Å². The number of amides is 2. The lowest BCUT2D eigenvalue weighted by atomic mass is 10.1. The molecule has 27 heavy (non-hydrogen) atoms. The molecule has 3 nitrogen and oxygen atoms in total. The van der Waals surface area contributed by atoms with E-state index in [1.165, 1.54) is 12.1 Å². The zero-order valence-corrected chi connectivity index (χ0v) is 14.7. The van der Waals surface area contributed by atoms with E-state index in [1.807, 2.05) is 5.32 Å². The fourth-order valence-electron chi connectivity index (χ4n) is 2.06. The fraction of sp³-hybridized carbons (Fsp3) is 0.188. The van der Waals surface area contributed by atoms with Gasteiger partial charge in [-0.3, -0.25) is 0 Å². The van der Waals surface area contributed by atoms with Crippen LogP contribution in [0.1, 0.15) is 16.7 Å². The van der Waals surface area contributed by atoms with Gasteiger partial charge in [-0.15, -0.1) is 0 Å². The van der Waals surface area contributed by atoms with Crippen LogP contribution in [0.2, 0.25) is 0 Å². The summed E-state index contributed by atoms with van der Waals surface area (Å²) in [5.41, 5.74) is -3.76. The van der Waals surface area contributed by atoms with E-state index in [0.717, 1.165) is 6.07 Å². The third-order valence-corrected chi connectivity index (χ3v) is 3.79. The minimum atomic E-state index is -5.03. The van der Waals surface area contributed by atoms with Crippen LogP contribution < -0.4 is 10.6 Å². The van der Waals surface area contributed by atoms with E-state index in [-0.39, 0.29) is 18.2 Å². The molecule has 0 radical (unpaired) electrons. The SMILES string of the molecule is O=C(NCc1cc(Br)ccc1F)Nc1cc(C(F)(F)F)cc(C(F)(F)F)c1. The highest BCUT2D eigenvalue weighted by molar-refractivity contribution is 9.10. The number of benzene rings is 2. The summed E-state index contributed by atoms with van der Waals surface area (Å²) in [4.78, 5) is 11.8. The number of urea groups is 1. The summed E-state index contributed by atoms with van der Waals surface area (Å²) in [6.45, 7) is -0.331. The molecule has 0 saturated heterocycles. The Kier molecular flexibility index (Phi) is 6.03. The maximum atomic E-state index is 13.6. The minimum Gasteiger partial charge on any atom is -0.334 e. The van der Waals surface area contributed by atoms with Gasteiger partial charge < -0.3 is 10.6 Å². The van der Waals surface area contributed by atoms with E-state index in [0.29, 0.717) is 16.6 Å². The van der Waals surface area contributed by atoms with Gasteiger partial charge in [-0.05, 0) is 36.4 Å². The molecule has 2 rings (SSSR count). The van der Waals surface area contributed by atoms with Gasteiger partial charge in [0.1, 0.15) is 5.82 Å². The van der Waals surface area contributed by atoms with Crippen LogP contribution >= 0.6 is 15.9 Å². The van der Waals surface area contributed by atoms with Crippen molar-refractivity contribution in [3.8, 4) is 0 Å². The smallest absolute Gasteiger partial charge is 0.334 e. The average molecular weight is 459 g/mol. The van der Waals surface area contributed by atoms with Gasteiger partial charge in [-0.25, -0.2) is 9.18 Å². The molecular weight excluding hydrogens is 449 g/mol. The van der Waals surface area contributed by atoms with Crippen LogP contribution in [0.5, 0.6) is 0 Å². The third kappa shape index (κ3) is 5.84. The van der Waals surface area contributed by atoms with Gasteiger partial charge in [-0.1, -0.05) is 15.9 Å². The molecule has 0 bridgehead atoms. The second kappa shape index (κ2) is 7.75. The second-order valence-electron chi connectivity index (χ2n) is 5.34. The monoisotopic (exact) mass is 458 g/mol. The van der Waals surface area contributed by atoms with Gasteiger partial charge in [0.05, 0.1) is 11.1 Å². The summed E-state index contributed by atoms with van der Waals surface area (Å²) in [7, 11) is 0. The highest BCUT2D eigenvalue weighted by Crippen LogP contribution is 2.37. The Labute approximate surface area is 156 Å². The normalized spacial score (nSPS) is 12.0. The van der Waals surface area contributed by atoms with Crippen molar-refractivity contribution in [2.75, 3.05) is 5.32 Å². The average Bonchev–Trinajstić information content (AvgIpc) is 2.54. The number of rotatable bonds is 3. The first-order chi connectivity index (χ1) is 12.4. The van der Waals surface area contributed by atoms with Crippen molar-refractivity contribution in [3.63, 3.8) is 0 Å². The maximum Gasteiger partial charge on any atom is 0.416 e. The molecule has 0 aliphatic carbocycles. The lowest BCUT2D eigenvalue weighted by Crippen LogP contribution is -2.29. The van der Waals surface area contributed by atoms with Crippen molar-refractivity contribution in [1.82, 2.24) is 5.32 Å². The molecular formula is C16H10BrF7N2O. The first kappa shape index (κ1) is 21.0. The van der Waals surface area contributed by atoms with E-state index in [2.05, 4.69) is 21.2 Å². The van der Waals surface area contributed by atoms with Crippen LogP contribution in [0.4, 0.5) is 41.2 Å². The van der Waals surface area contributed by atoms with E-state index in [9.17, 15) is 35.5 Å². The van der Waals surface area contributed by atoms with Crippen molar-refractivity contribution < 1.29 is 35.5 Å². The highest BCUT2D eigenvalue weighted by Gasteiger charge is 2.37. The van der Waals surface area contributed by atoms with E-state index < -0.39 is 41.0 Å². The Balaban J connectivity index is 2.18. The molecule has 0 atom stereocenters. The molecule has 0 fully saturated rings. The summed E-state index contributed by atoms with van der Waals surface area (Å²) in [6.07, 6.45) is -10.1. The number of halogens is 8. The molecule has 0 spiro atoms. The quantitative estimate of drug-likeness (QED) is 0.548. The zero-order chi connectivity index (χ0) is 20.4. The van der Waals surface area contributed by atoms with Crippen molar-refractivity contribution in [3.05, 3.63) is 63.4 Å². The van der Waals surface area contributed by atoms with Crippen molar-refractivity contribution >= 4 is 27.6 Å². The Morgan fingerprint density at radius 2 is 1.48 bits per heavy atom. The standard InChI is InChI=1S/C16H10BrF7N2O/c17-11-1-2-13(18)8(3-11)7-25-14(27)26-12-5-9(15(19,20)21)4-10(6-12)16(22,23)24/h1-6H,7H2,(H2,25,26,27). The Morgan fingerprint density at radius 3 is 2.00 bits per heavy atom. The Bertz CT molecular complexity index is 817. The van der Waals surface area contributed by atoms with Crippen LogP contribution in [0, 0.1) is 5.82 Å². The Morgan fingerprint density at radius 1 is 0.926 bits per heavy atom. The molecule has 2 N–H and O–H groups in total. The van der Waals surface area contributed by atoms with Gasteiger partial charge in [0.25, 0.3) is 0 Å². The van der Waals surface area contributed by atoms with Crippen LogP contribution in [-0.4, -0.2) is 6.03 Å². The first-order valence-corrected chi connectivity index (χ1v) is 7.94. The minimum absolute atomic E-state index is 0.0556. The van der Waals surface area contributed by atoms with Crippen molar-refractivity contribution in [2.45, 2.75) is 18.9 Å². The number of hydrogen-bond donors (Lipinski definition) is 2. The number of anilines is 1. The zero-order valence-electron chi connectivity index (χ0n) is 13.1. The predicted octanol–water partition coefficient (Wildman–Crippen LogP) is 5.95. The molecule has 2 aromatic rings. The molecule has 146 valence electrons. The number of carbonyl (C=O) groups excluding carboxylic acids is 1. The van der Waals surface area contributed by atoms with Crippen LogP contribution in [0.25, 0.3) is 0 Å². The molecule has 0 saturated carbocycles. The first-order valence-electron chi connectivity index (χ1n) is 7.14. The molecule has 0 heterocycles. The molecule has 2 aromatic carbocycles. The van der Waals surface area contributed by atoms with Gasteiger partial charge in [-0.2, -0.15) is 26.3 Å².